The lowest BCUT2D eigenvalue weighted by Crippen LogP contribution is -2.44. The van der Waals surface area contributed by atoms with Crippen molar-refractivity contribution in [1.82, 2.24) is 10.6 Å². The van der Waals surface area contributed by atoms with Crippen LogP contribution >= 0.6 is 0 Å². The van der Waals surface area contributed by atoms with Gasteiger partial charge in [0.15, 0.2) is 0 Å². The summed E-state index contributed by atoms with van der Waals surface area (Å²) in [5, 5.41) is 14.4. The zero-order chi connectivity index (χ0) is 16.7. The highest BCUT2D eigenvalue weighted by molar-refractivity contribution is 5.74. The van der Waals surface area contributed by atoms with Crippen molar-refractivity contribution in [2.75, 3.05) is 6.61 Å². The SMILES string of the molecule is O=C(NCc1cc(F)ccc1F)N[C@H](CO)Cc1ccccc1. The average molecular weight is 320 g/mol. The second kappa shape index (κ2) is 8.24. The number of carbonyl (C=O) groups excluding carboxylic acids is 1. The molecule has 2 rings (SSSR count). The molecule has 0 aromatic heterocycles. The monoisotopic (exact) mass is 320 g/mol. The van der Waals surface area contributed by atoms with Crippen molar-refractivity contribution in [3.8, 4) is 0 Å². The summed E-state index contributed by atoms with van der Waals surface area (Å²) in [7, 11) is 0. The van der Waals surface area contributed by atoms with Crippen molar-refractivity contribution in [2.45, 2.75) is 19.0 Å². The number of benzene rings is 2. The molecule has 2 aromatic rings. The van der Waals surface area contributed by atoms with Crippen LogP contribution < -0.4 is 10.6 Å². The lowest BCUT2D eigenvalue weighted by atomic mass is 10.1. The van der Waals surface area contributed by atoms with Gasteiger partial charge in [0.05, 0.1) is 12.6 Å². The predicted octanol–water partition coefficient (Wildman–Crippen LogP) is 2.37. The zero-order valence-corrected chi connectivity index (χ0v) is 12.4. The van der Waals surface area contributed by atoms with Crippen molar-refractivity contribution in [3.63, 3.8) is 0 Å². The summed E-state index contributed by atoms with van der Waals surface area (Å²) in [5.74, 6) is -1.16. The lowest BCUT2D eigenvalue weighted by Gasteiger charge is -2.17. The first-order valence-corrected chi connectivity index (χ1v) is 7.21. The predicted molar refractivity (Wildman–Crippen MR) is 82.7 cm³/mol. The highest BCUT2D eigenvalue weighted by atomic mass is 19.1. The summed E-state index contributed by atoms with van der Waals surface area (Å²) in [6.07, 6.45) is 0.471. The van der Waals surface area contributed by atoms with E-state index in [1.165, 1.54) is 0 Å². The van der Waals surface area contributed by atoms with Crippen molar-refractivity contribution >= 4 is 6.03 Å². The Morgan fingerprint density at radius 2 is 1.87 bits per heavy atom. The number of urea groups is 1. The molecule has 3 N–H and O–H groups in total. The van der Waals surface area contributed by atoms with E-state index in [9.17, 15) is 18.7 Å². The van der Waals surface area contributed by atoms with E-state index in [0.717, 1.165) is 23.8 Å². The Bertz CT molecular complexity index is 650. The van der Waals surface area contributed by atoms with Gasteiger partial charge in [0, 0.05) is 12.1 Å². The Balaban J connectivity index is 1.86. The smallest absolute Gasteiger partial charge is 0.315 e. The minimum atomic E-state index is -0.588. The molecular weight excluding hydrogens is 302 g/mol. The number of hydrogen-bond acceptors (Lipinski definition) is 2. The van der Waals surface area contributed by atoms with Gasteiger partial charge in [-0.1, -0.05) is 30.3 Å². The molecule has 2 amide bonds. The average Bonchev–Trinajstić information content (AvgIpc) is 2.56. The van der Waals surface area contributed by atoms with Gasteiger partial charge in [0.1, 0.15) is 11.6 Å². The molecule has 0 aliphatic heterocycles. The van der Waals surface area contributed by atoms with Gasteiger partial charge in [-0.2, -0.15) is 0 Å². The maximum Gasteiger partial charge on any atom is 0.315 e. The van der Waals surface area contributed by atoms with E-state index in [4.69, 9.17) is 0 Å². The fourth-order valence-corrected chi connectivity index (χ4v) is 2.15. The summed E-state index contributed by atoms with van der Waals surface area (Å²) in [6.45, 7) is -0.366. The first-order chi connectivity index (χ1) is 11.1. The van der Waals surface area contributed by atoms with Crippen LogP contribution in [0.25, 0.3) is 0 Å². The Morgan fingerprint density at radius 3 is 2.57 bits per heavy atom. The fraction of sp³-hybridized carbons (Fsp3) is 0.235. The molecule has 23 heavy (non-hydrogen) atoms. The lowest BCUT2D eigenvalue weighted by molar-refractivity contribution is 0.215. The van der Waals surface area contributed by atoms with Gasteiger partial charge < -0.3 is 15.7 Å². The maximum absolute atomic E-state index is 13.5. The summed E-state index contributed by atoms with van der Waals surface area (Å²) < 4.78 is 26.5. The number of aliphatic hydroxyl groups is 1. The molecule has 0 aliphatic carbocycles. The van der Waals surface area contributed by atoms with E-state index in [0.29, 0.717) is 6.42 Å². The van der Waals surface area contributed by atoms with Crippen LogP contribution in [0.3, 0.4) is 0 Å². The van der Waals surface area contributed by atoms with Crippen molar-refractivity contribution in [2.24, 2.45) is 0 Å². The Morgan fingerprint density at radius 1 is 1.13 bits per heavy atom. The first-order valence-electron chi connectivity index (χ1n) is 7.21. The molecule has 0 bridgehead atoms. The third-order valence-corrected chi connectivity index (χ3v) is 3.33. The molecule has 0 aliphatic rings. The van der Waals surface area contributed by atoms with Gasteiger partial charge in [-0.05, 0) is 30.2 Å². The highest BCUT2D eigenvalue weighted by Crippen LogP contribution is 2.09. The molecule has 0 heterocycles. The Labute approximate surface area is 133 Å². The minimum absolute atomic E-state index is 0.0590. The van der Waals surface area contributed by atoms with E-state index in [2.05, 4.69) is 10.6 Å². The quantitative estimate of drug-likeness (QED) is 0.765. The summed E-state index contributed by atoms with van der Waals surface area (Å²) >= 11 is 0. The second-order valence-corrected chi connectivity index (χ2v) is 5.13. The third kappa shape index (κ3) is 5.34. The third-order valence-electron chi connectivity index (χ3n) is 3.33. The van der Waals surface area contributed by atoms with Crippen LogP contribution in [0.15, 0.2) is 48.5 Å². The number of rotatable bonds is 6. The van der Waals surface area contributed by atoms with Crippen LogP contribution in [0.4, 0.5) is 13.6 Å². The Kier molecular flexibility index (Phi) is 6.05. The second-order valence-electron chi connectivity index (χ2n) is 5.13. The van der Waals surface area contributed by atoms with Gasteiger partial charge in [-0.15, -0.1) is 0 Å². The molecule has 0 saturated carbocycles. The number of halogens is 2. The van der Waals surface area contributed by atoms with E-state index in [1.54, 1.807) is 0 Å². The van der Waals surface area contributed by atoms with E-state index < -0.39 is 23.7 Å². The molecule has 0 unspecified atom stereocenters. The normalized spacial score (nSPS) is 11.8. The van der Waals surface area contributed by atoms with Crippen molar-refractivity contribution in [1.29, 1.82) is 0 Å². The molecule has 6 heteroatoms. The van der Waals surface area contributed by atoms with Crippen LogP contribution in [-0.2, 0) is 13.0 Å². The standard InChI is InChI=1S/C17H18F2N2O2/c18-14-6-7-16(19)13(9-14)10-20-17(23)21-15(11-22)8-12-4-2-1-3-5-12/h1-7,9,15,22H,8,10-11H2,(H2,20,21,23)/t15-/m0/s1. The highest BCUT2D eigenvalue weighted by Gasteiger charge is 2.12. The summed E-state index contributed by atoms with van der Waals surface area (Å²) in [5.41, 5.74) is 1.03. The molecule has 0 spiro atoms. The van der Waals surface area contributed by atoms with Crippen LogP contribution in [-0.4, -0.2) is 23.8 Å². The zero-order valence-electron chi connectivity index (χ0n) is 12.4. The van der Waals surface area contributed by atoms with Gasteiger partial charge >= 0.3 is 6.03 Å². The van der Waals surface area contributed by atoms with Gasteiger partial charge in [-0.25, -0.2) is 13.6 Å². The number of carbonyl (C=O) groups is 1. The molecular formula is C17H18F2N2O2. The molecule has 0 radical (unpaired) electrons. The Hall–Kier alpha value is -2.47. The number of nitrogens with one attached hydrogen (secondary N) is 2. The van der Waals surface area contributed by atoms with Gasteiger partial charge in [-0.3, -0.25) is 0 Å². The molecule has 0 saturated heterocycles. The van der Waals surface area contributed by atoms with Crippen LogP contribution in [0.2, 0.25) is 0 Å². The molecule has 4 nitrogen and oxygen atoms in total. The topological polar surface area (TPSA) is 61.4 Å². The molecule has 2 aromatic carbocycles. The minimum Gasteiger partial charge on any atom is -0.394 e. The van der Waals surface area contributed by atoms with Gasteiger partial charge in [0.25, 0.3) is 0 Å². The first kappa shape index (κ1) is 16.9. The fourth-order valence-electron chi connectivity index (χ4n) is 2.15. The largest absolute Gasteiger partial charge is 0.394 e. The van der Waals surface area contributed by atoms with Gasteiger partial charge in [0.2, 0.25) is 0 Å². The van der Waals surface area contributed by atoms with E-state index in [1.807, 2.05) is 30.3 Å². The maximum atomic E-state index is 13.5. The van der Waals surface area contributed by atoms with Crippen molar-refractivity contribution in [3.05, 3.63) is 71.3 Å². The summed E-state index contributed by atoms with van der Waals surface area (Å²) in [4.78, 5) is 11.8. The van der Waals surface area contributed by atoms with Crippen LogP contribution in [0.1, 0.15) is 11.1 Å². The molecule has 122 valence electrons. The van der Waals surface area contributed by atoms with E-state index in [-0.39, 0.29) is 18.7 Å². The number of hydrogen-bond donors (Lipinski definition) is 3. The van der Waals surface area contributed by atoms with Crippen LogP contribution in [0.5, 0.6) is 0 Å². The van der Waals surface area contributed by atoms with Crippen LogP contribution in [0, 0.1) is 11.6 Å². The summed E-state index contributed by atoms with van der Waals surface area (Å²) in [6, 6.07) is 11.4. The molecule has 0 fully saturated rings. The number of amides is 2. The van der Waals surface area contributed by atoms with E-state index >= 15 is 0 Å². The molecule has 1 atom stereocenters. The van der Waals surface area contributed by atoms with Crippen molar-refractivity contribution < 1.29 is 18.7 Å². The number of aliphatic hydroxyl groups excluding tert-OH is 1.